The van der Waals surface area contributed by atoms with Gasteiger partial charge in [0.15, 0.2) is 0 Å². The predicted molar refractivity (Wildman–Crippen MR) is 53.0 cm³/mol. The maximum atomic E-state index is 12.6. The van der Waals surface area contributed by atoms with E-state index in [1.165, 1.54) is 12.1 Å². The fourth-order valence-corrected chi connectivity index (χ4v) is 1.35. The average Bonchev–Trinajstić information content (AvgIpc) is 2.09. The van der Waals surface area contributed by atoms with E-state index >= 15 is 0 Å². The molecule has 0 spiro atoms. The summed E-state index contributed by atoms with van der Waals surface area (Å²) in [7, 11) is 1.86. The number of likely N-dealkylation sites (N-methyl/N-ethyl adjacent to an activating group) is 1. The van der Waals surface area contributed by atoms with Crippen LogP contribution in [0.5, 0.6) is 0 Å². The van der Waals surface area contributed by atoms with E-state index in [-0.39, 0.29) is 11.9 Å². The zero-order valence-electron chi connectivity index (χ0n) is 7.97. The van der Waals surface area contributed by atoms with Crippen molar-refractivity contribution in [2.24, 2.45) is 0 Å². The van der Waals surface area contributed by atoms with Gasteiger partial charge in [0.1, 0.15) is 5.82 Å². The van der Waals surface area contributed by atoms with Crippen LogP contribution in [-0.4, -0.2) is 7.05 Å². The molecule has 1 N–H and O–H groups in total. The Balaban J connectivity index is 2.92. The molecule has 0 aliphatic rings. The third-order valence-corrected chi connectivity index (χ3v) is 1.98. The highest BCUT2D eigenvalue weighted by Gasteiger charge is 2.08. The second-order valence-electron chi connectivity index (χ2n) is 3.12. The third-order valence-electron chi connectivity index (χ3n) is 1.98. The minimum atomic E-state index is -0.208. The minimum Gasteiger partial charge on any atom is -0.310 e. The lowest BCUT2D eigenvalue weighted by atomic mass is 10.0. The molecule has 2 heteroatoms. The summed E-state index contributed by atoms with van der Waals surface area (Å²) in [6.45, 7) is 5.82. The highest BCUT2D eigenvalue weighted by Crippen LogP contribution is 2.19. The predicted octanol–water partition coefficient (Wildman–Crippen LogP) is 2.66. The number of hydrogen-bond donors (Lipinski definition) is 1. The fraction of sp³-hybridized carbons (Fsp3) is 0.273. The second kappa shape index (κ2) is 4.19. The van der Waals surface area contributed by atoms with Crippen molar-refractivity contribution >= 4 is 0 Å². The Kier molecular flexibility index (Phi) is 3.20. The molecule has 70 valence electrons. The van der Waals surface area contributed by atoms with Crippen molar-refractivity contribution in [3.8, 4) is 0 Å². The van der Waals surface area contributed by atoms with E-state index in [0.29, 0.717) is 0 Å². The lowest BCUT2D eigenvalue weighted by Gasteiger charge is -2.16. The molecule has 1 aromatic rings. The lowest BCUT2D eigenvalue weighted by Crippen LogP contribution is -2.16. The summed E-state index contributed by atoms with van der Waals surface area (Å²) in [5, 5.41) is 3.12. The molecule has 1 aromatic carbocycles. The Morgan fingerprint density at radius 1 is 1.38 bits per heavy atom. The number of rotatable bonds is 3. The number of hydrogen-bond acceptors (Lipinski definition) is 1. The minimum absolute atomic E-state index is 0.112. The van der Waals surface area contributed by atoms with E-state index in [4.69, 9.17) is 0 Å². The van der Waals surface area contributed by atoms with Crippen LogP contribution in [0.4, 0.5) is 4.39 Å². The molecule has 0 aromatic heterocycles. The molecule has 0 saturated heterocycles. The van der Waals surface area contributed by atoms with Gasteiger partial charge in [-0.1, -0.05) is 24.3 Å². The Morgan fingerprint density at radius 3 is 2.31 bits per heavy atom. The smallest absolute Gasteiger partial charge is 0.123 e. The molecule has 1 nitrogen and oxygen atoms in total. The van der Waals surface area contributed by atoms with Gasteiger partial charge in [-0.2, -0.15) is 0 Å². The maximum Gasteiger partial charge on any atom is 0.123 e. The molecular formula is C11H14FN. The van der Waals surface area contributed by atoms with Gasteiger partial charge in [0.2, 0.25) is 0 Å². The lowest BCUT2D eigenvalue weighted by molar-refractivity contribution is 0.622. The van der Waals surface area contributed by atoms with Crippen LogP contribution < -0.4 is 5.32 Å². The molecule has 1 rings (SSSR count). The zero-order valence-corrected chi connectivity index (χ0v) is 7.97. The monoisotopic (exact) mass is 179 g/mol. The topological polar surface area (TPSA) is 12.0 Å². The molecule has 0 aliphatic heterocycles. The van der Waals surface area contributed by atoms with E-state index < -0.39 is 0 Å². The van der Waals surface area contributed by atoms with Crippen molar-refractivity contribution in [1.82, 2.24) is 5.32 Å². The fourth-order valence-electron chi connectivity index (χ4n) is 1.35. The van der Waals surface area contributed by atoms with Gasteiger partial charge in [-0.25, -0.2) is 4.39 Å². The van der Waals surface area contributed by atoms with E-state index in [0.717, 1.165) is 11.1 Å². The summed E-state index contributed by atoms with van der Waals surface area (Å²) < 4.78 is 12.6. The van der Waals surface area contributed by atoms with Crippen LogP contribution in [0.2, 0.25) is 0 Å². The third kappa shape index (κ3) is 2.39. The quantitative estimate of drug-likeness (QED) is 0.703. The largest absolute Gasteiger partial charge is 0.310 e. The summed E-state index contributed by atoms with van der Waals surface area (Å²) in [6.07, 6.45) is 0. The zero-order chi connectivity index (χ0) is 9.84. The van der Waals surface area contributed by atoms with Crippen LogP contribution in [0.3, 0.4) is 0 Å². The Bertz CT molecular complexity index is 289. The van der Waals surface area contributed by atoms with Gasteiger partial charge < -0.3 is 5.32 Å². The molecular weight excluding hydrogens is 165 g/mol. The van der Waals surface area contributed by atoms with E-state index in [1.807, 2.05) is 14.0 Å². The van der Waals surface area contributed by atoms with Crippen molar-refractivity contribution in [3.05, 3.63) is 47.8 Å². The van der Waals surface area contributed by atoms with Crippen molar-refractivity contribution in [2.75, 3.05) is 7.05 Å². The van der Waals surface area contributed by atoms with E-state index in [2.05, 4.69) is 11.9 Å². The second-order valence-corrected chi connectivity index (χ2v) is 3.12. The van der Waals surface area contributed by atoms with Crippen LogP contribution in [0.15, 0.2) is 36.4 Å². The number of benzene rings is 1. The molecule has 0 fully saturated rings. The molecule has 1 unspecified atom stereocenters. The van der Waals surface area contributed by atoms with Gasteiger partial charge in [-0.05, 0) is 31.7 Å². The van der Waals surface area contributed by atoms with Crippen LogP contribution in [0, 0.1) is 5.82 Å². The Morgan fingerprint density at radius 2 is 1.92 bits per heavy atom. The van der Waals surface area contributed by atoms with E-state index in [9.17, 15) is 4.39 Å². The first-order valence-corrected chi connectivity index (χ1v) is 4.23. The molecule has 0 heterocycles. The van der Waals surface area contributed by atoms with Crippen LogP contribution in [-0.2, 0) is 0 Å². The summed E-state index contributed by atoms with van der Waals surface area (Å²) in [5.41, 5.74) is 2.06. The van der Waals surface area contributed by atoms with Crippen LogP contribution in [0.1, 0.15) is 18.5 Å². The Labute approximate surface area is 78.3 Å². The summed E-state index contributed by atoms with van der Waals surface area (Å²) in [6, 6.07) is 6.57. The normalized spacial score (nSPS) is 12.5. The van der Waals surface area contributed by atoms with E-state index in [1.54, 1.807) is 12.1 Å². The van der Waals surface area contributed by atoms with Crippen molar-refractivity contribution < 1.29 is 4.39 Å². The molecule has 0 amide bonds. The van der Waals surface area contributed by atoms with Crippen molar-refractivity contribution in [1.29, 1.82) is 0 Å². The molecule has 13 heavy (non-hydrogen) atoms. The number of nitrogens with one attached hydrogen (secondary N) is 1. The van der Waals surface area contributed by atoms with Gasteiger partial charge in [-0.3, -0.25) is 0 Å². The van der Waals surface area contributed by atoms with Gasteiger partial charge in [0.05, 0.1) is 6.04 Å². The molecule has 0 saturated carbocycles. The summed E-state index contributed by atoms with van der Waals surface area (Å²) >= 11 is 0. The highest BCUT2D eigenvalue weighted by atomic mass is 19.1. The van der Waals surface area contributed by atoms with Gasteiger partial charge in [-0.15, -0.1) is 0 Å². The molecule has 0 radical (unpaired) electrons. The summed E-state index contributed by atoms with van der Waals surface area (Å²) in [5.74, 6) is -0.208. The summed E-state index contributed by atoms with van der Waals surface area (Å²) in [4.78, 5) is 0. The number of halogens is 1. The van der Waals surface area contributed by atoms with Gasteiger partial charge in [0, 0.05) is 0 Å². The van der Waals surface area contributed by atoms with Gasteiger partial charge >= 0.3 is 0 Å². The SMILES string of the molecule is C=C(C)C(NC)c1ccc(F)cc1. The van der Waals surface area contributed by atoms with Crippen molar-refractivity contribution in [3.63, 3.8) is 0 Å². The van der Waals surface area contributed by atoms with Crippen LogP contribution in [0.25, 0.3) is 0 Å². The standard InChI is InChI=1S/C11H14FN/c1-8(2)11(13-3)9-4-6-10(12)7-5-9/h4-7,11,13H,1H2,2-3H3. The van der Waals surface area contributed by atoms with Crippen LogP contribution >= 0.6 is 0 Å². The first kappa shape index (κ1) is 9.93. The highest BCUT2D eigenvalue weighted by molar-refractivity contribution is 5.26. The molecule has 1 atom stereocenters. The van der Waals surface area contributed by atoms with Crippen molar-refractivity contribution in [2.45, 2.75) is 13.0 Å². The molecule has 0 bridgehead atoms. The maximum absolute atomic E-state index is 12.6. The van der Waals surface area contributed by atoms with Gasteiger partial charge in [0.25, 0.3) is 0 Å². The Hall–Kier alpha value is -1.15. The molecule has 0 aliphatic carbocycles. The first-order valence-electron chi connectivity index (χ1n) is 4.23. The first-order chi connectivity index (χ1) is 6.15. The average molecular weight is 179 g/mol.